The number of hydrogen-bond donors (Lipinski definition) is 2. The molecule has 0 bridgehead atoms. The van der Waals surface area contributed by atoms with Gasteiger partial charge in [-0.3, -0.25) is 4.79 Å². The number of hydrogen-bond acceptors (Lipinski definition) is 5. The fraction of sp³-hybridized carbons (Fsp3) is 0.167. The van der Waals surface area contributed by atoms with Crippen molar-refractivity contribution in [1.29, 1.82) is 0 Å². The molecule has 1 aromatic carbocycles. The highest BCUT2D eigenvalue weighted by Crippen LogP contribution is 2.08. The Labute approximate surface area is 145 Å². The summed E-state index contributed by atoms with van der Waals surface area (Å²) in [6.07, 6.45) is 3.81. The summed E-state index contributed by atoms with van der Waals surface area (Å²) in [5.74, 6) is 1.92. The van der Waals surface area contributed by atoms with Crippen molar-refractivity contribution in [2.24, 2.45) is 0 Å². The van der Waals surface area contributed by atoms with Crippen LogP contribution in [0.1, 0.15) is 0 Å². The van der Waals surface area contributed by atoms with Gasteiger partial charge in [0, 0.05) is 25.5 Å². The molecule has 1 amide bonds. The van der Waals surface area contributed by atoms with E-state index < -0.39 is 0 Å². The van der Waals surface area contributed by atoms with Gasteiger partial charge in [-0.2, -0.15) is 0 Å². The molecule has 0 saturated carbocycles. The third-order valence-corrected chi connectivity index (χ3v) is 3.39. The Bertz CT molecular complexity index is 773. The van der Waals surface area contributed by atoms with E-state index in [1.165, 1.54) is 0 Å². The van der Waals surface area contributed by atoms with Crippen LogP contribution in [-0.2, 0) is 4.79 Å². The Kier molecular flexibility index (Phi) is 5.60. The lowest BCUT2D eigenvalue weighted by atomic mass is 10.3. The minimum atomic E-state index is -0.167. The number of amides is 1. The van der Waals surface area contributed by atoms with Gasteiger partial charge in [0.15, 0.2) is 12.4 Å². The SMILES string of the molecule is O=C(COc1ccccc1)NCCNc1ccc(-n2cccc2)nn1. The molecule has 3 rings (SSSR count). The minimum absolute atomic E-state index is 0.00458. The number of rotatable bonds is 8. The van der Waals surface area contributed by atoms with E-state index in [0.717, 1.165) is 5.82 Å². The van der Waals surface area contributed by atoms with Crippen LogP contribution in [0.5, 0.6) is 5.75 Å². The molecule has 2 N–H and O–H groups in total. The smallest absolute Gasteiger partial charge is 0.258 e. The predicted octanol–water partition coefficient (Wildman–Crippen LogP) is 1.87. The molecular weight excluding hydrogens is 318 g/mol. The molecule has 0 spiro atoms. The summed E-state index contributed by atoms with van der Waals surface area (Å²) < 4.78 is 7.25. The first kappa shape index (κ1) is 16.5. The summed E-state index contributed by atoms with van der Waals surface area (Å²) in [5.41, 5.74) is 0. The van der Waals surface area contributed by atoms with Gasteiger partial charge in [-0.1, -0.05) is 18.2 Å². The van der Waals surface area contributed by atoms with Crippen LogP contribution in [0.3, 0.4) is 0 Å². The second kappa shape index (κ2) is 8.49. The maximum Gasteiger partial charge on any atom is 0.258 e. The van der Waals surface area contributed by atoms with Crippen LogP contribution in [0.2, 0.25) is 0 Å². The normalized spacial score (nSPS) is 10.2. The van der Waals surface area contributed by atoms with Gasteiger partial charge < -0.3 is 19.9 Å². The lowest BCUT2D eigenvalue weighted by Crippen LogP contribution is -2.32. The van der Waals surface area contributed by atoms with E-state index in [2.05, 4.69) is 20.8 Å². The Hall–Kier alpha value is -3.35. The zero-order valence-electron chi connectivity index (χ0n) is 13.6. The maximum absolute atomic E-state index is 11.7. The lowest BCUT2D eigenvalue weighted by molar-refractivity contribution is -0.123. The van der Waals surface area contributed by atoms with Crippen LogP contribution in [-0.4, -0.2) is 40.4 Å². The van der Waals surface area contributed by atoms with E-state index in [1.807, 2.05) is 71.6 Å². The highest BCUT2D eigenvalue weighted by atomic mass is 16.5. The highest BCUT2D eigenvalue weighted by molar-refractivity contribution is 5.77. The number of nitrogens with zero attached hydrogens (tertiary/aromatic N) is 3. The Morgan fingerprint density at radius 3 is 2.48 bits per heavy atom. The minimum Gasteiger partial charge on any atom is -0.484 e. The van der Waals surface area contributed by atoms with Crippen molar-refractivity contribution >= 4 is 11.7 Å². The van der Waals surface area contributed by atoms with Gasteiger partial charge in [0.1, 0.15) is 11.6 Å². The van der Waals surface area contributed by atoms with Gasteiger partial charge in [-0.15, -0.1) is 10.2 Å². The standard InChI is InChI=1S/C18H19N5O2/c24-18(14-25-15-6-2-1-3-7-15)20-11-10-19-16-8-9-17(22-21-16)23-12-4-5-13-23/h1-9,12-13H,10-11,14H2,(H,19,21)(H,20,24). The third kappa shape index (κ3) is 5.07. The van der Waals surface area contributed by atoms with E-state index in [4.69, 9.17) is 4.74 Å². The van der Waals surface area contributed by atoms with E-state index >= 15 is 0 Å². The van der Waals surface area contributed by atoms with Gasteiger partial charge in [0.05, 0.1) is 0 Å². The van der Waals surface area contributed by atoms with Crippen molar-refractivity contribution in [1.82, 2.24) is 20.1 Å². The van der Waals surface area contributed by atoms with Crippen LogP contribution in [0, 0.1) is 0 Å². The predicted molar refractivity (Wildman–Crippen MR) is 94.8 cm³/mol. The Morgan fingerprint density at radius 1 is 0.960 bits per heavy atom. The van der Waals surface area contributed by atoms with Gasteiger partial charge in [0.2, 0.25) is 0 Å². The zero-order valence-corrected chi connectivity index (χ0v) is 13.6. The molecule has 2 heterocycles. The fourth-order valence-electron chi connectivity index (χ4n) is 2.15. The molecule has 128 valence electrons. The van der Waals surface area contributed by atoms with Crippen LogP contribution in [0.4, 0.5) is 5.82 Å². The first-order valence-corrected chi connectivity index (χ1v) is 7.97. The van der Waals surface area contributed by atoms with Gasteiger partial charge in [-0.25, -0.2) is 0 Å². The highest BCUT2D eigenvalue weighted by Gasteiger charge is 2.02. The van der Waals surface area contributed by atoms with Crippen LogP contribution < -0.4 is 15.4 Å². The van der Waals surface area contributed by atoms with Gasteiger partial charge in [0.25, 0.3) is 5.91 Å². The number of carbonyl (C=O) groups is 1. The van der Waals surface area contributed by atoms with Crippen molar-refractivity contribution in [2.45, 2.75) is 0 Å². The molecule has 0 aliphatic rings. The van der Waals surface area contributed by atoms with Crippen LogP contribution >= 0.6 is 0 Å². The van der Waals surface area contributed by atoms with Crippen molar-refractivity contribution in [3.8, 4) is 11.6 Å². The number of benzene rings is 1. The van der Waals surface area contributed by atoms with Gasteiger partial charge >= 0.3 is 0 Å². The number of ether oxygens (including phenoxy) is 1. The Morgan fingerprint density at radius 2 is 1.76 bits per heavy atom. The largest absolute Gasteiger partial charge is 0.484 e. The summed E-state index contributed by atoms with van der Waals surface area (Å²) in [4.78, 5) is 11.7. The van der Waals surface area contributed by atoms with E-state index in [-0.39, 0.29) is 12.5 Å². The summed E-state index contributed by atoms with van der Waals surface area (Å²) in [7, 11) is 0. The number of carbonyl (C=O) groups excluding carboxylic acids is 1. The third-order valence-electron chi connectivity index (χ3n) is 3.39. The average molecular weight is 337 g/mol. The summed E-state index contributed by atoms with van der Waals surface area (Å²) >= 11 is 0. The topological polar surface area (TPSA) is 81.1 Å². The fourth-order valence-corrected chi connectivity index (χ4v) is 2.15. The molecule has 3 aromatic rings. The molecular formula is C18H19N5O2. The number of aromatic nitrogens is 3. The maximum atomic E-state index is 11.7. The van der Waals surface area contributed by atoms with E-state index in [0.29, 0.717) is 24.7 Å². The van der Waals surface area contributed by atoms with Crippen LogP contribution in [0.15, 0.2) is 67.0 Å². The summed E-state index contributed by atoms with van der Waals surface area (Å²) in [6.45, 7) is 1.02. The molecule has 2 aromatic heterocycles. The molecule has 0 aliphatic heterocycles. The van der Waals surface area contributed by atoms with Crippen molar-refractivity contribution in [3.05, 3.63) is 67.0 Å². The monoisotopic (exact) mass is 337 g/mol. The number of anilines is 1. The van der Waals surface area contributed by atoms with E-state index in [1.54, 1.807) is 0 Å². The van der Waals surface area contributed by atoms with Gasteiger partial charge in [-0.05, 0) is 36.4 Å². The quantitative estimate of drug-likeness (QED) is 0.613. The zero-order chi connectivity index (χ0) is 17.3. The molecule has 0 saturated heterocycles. The molecule has 0 atom stereocenters. The van der Waals surface area contributed by atoms with Crippen molar-refractivity contribution in [2.75, 3.05) is 25.0 Å². The summed E-state index contributed by atoms with van der Waals surface area (Å²) in [6, 6.07) is 16.8. The van der Waals surface area contributed by atoms with Crippen molar-refractivity contribution < 1.29 is 9.53 Å². The molecule has 0 fully saturated rings. The van der Waals surface area contributed by atoms with Crippen LogP contribution in [0.25, 0.3) is 5.82 Å². The first-order chi connectivity index (χ1) is 12.3. The molecule has 0 aliphatic carbocycles. The molecule has 7 heteroatoms. The molecule has 25 heavy (non-hydrogen) atoms. The number of para-hydroxylation sites is 1. The lowest BCUT2D eigenvalue weighted by Gasteiger charge is -2.09. The van der Waals surface area contributed by atoms with Crippen molar-refractivity contribution in [3.63, 3.8) is 0 Å². The molecule has 0 unspecified atom stereocenters. The first-order valence-electron chi connectivity index (χ1n) is 7.97. The second-order valence-corrected chi connectivity index (χ2v) is 5.25. The van der Waals surface area contributed by atoms with E-state index in [9.17, 15) is 4.79 Å². The number of nitrogens with one attached hydrogen (secondary N) is 2. The summed E-state index contributed by atoms with van der Waals surface area (Å²) in [5, 5.41) is 14.1. The second-order valence-electron chi connectivity index (χ2n) is 5.25. The Balaban J connectivity index is 1.35. The molecule has 7 nitrogen and oxygen atoms in total. The molecule has 0 radical (unpaired) electrons. The average Bonchev–Trinajstić information content (AvgIpc) is 3.20.